The number of ether oxygens (including phenoxy) is 1. The number of nitrogens with one attached hydrogen (secondary N) is 1. The Kier molecular flexibility index (Phi) is 7.19. The van der Waals surface area contributed by atoms with Gasteiger partial charge in [-0.15, -0.1) is 6.58 Å². The largest absolute Gasteiger partial charge is 0.444 e. The highest BCUT2D eigenvalue weighted by Gasteiger charge is 2.21. The first-order chi connectivity index (χ1) is 8.65. The van der Waals surface area contributed by atoms with Crippen molar-refractivity contribution in [2.24, 2.45) is 0 Å². The van der Waals surface area contributed by atoms with Gasteiger partial charge in [-0.2, -0.15) is 0 Å². The van der Waals surface area contributed by atoms with Crippen molar-refractivity contribution in [3.05, 3.63) is 12.7 Å². The predicted molar refractivity (Wildman–Crippen MR) is 75.9 cm³/mol. The first kappa shape index (κ1) is 17.5. The van der Waals surface area contributed by atoms with Crippen LogP contribution in [0.3, 0.4) is 0 Å². The fourth-order valence-electron chi connectivity index (χ4n) is 1.41. The third-order valence-corrected chi connectivity index (χ3v) is 2.36. The average Bonchev–Trinajstić information content (AvgIpc) is 2.22. The van der Waals surface area contributed by atoms with Crippen LogP contribution in [0.5, 0.6) is 0 Å². The molecule has 19 heavy (non-hydrogen) atoms. The van der Waals surface area contributed by atoms with Gasteiger partial charge >= 0.3 is 6.09 Å². The van der Waals surface area contributed by atoms with Crippen LogP contribution in [0.2, 0.25) is 0 Å². The maximum atomic E-state index is 11.7. The zero-order valence-corrected chi connectivity index (χ0v) is 12.7. The molecule has 0 radical (unpaired) electrons. The van der Waals surface area contributed by atoms with Crippen molar-refractivity contribution in [3.63, 3.8) is 0 Å². The fraction of sp³-hybridized carbons (Fsp3) is 0.714. The van der Waals surface area contributed by atoms with Crippen LogP contribution in [0, 0.1) is 0 Å². The number of nitrogens with zero attached hydrogens (tertiary/aromatic N) is 1. The van der Waals surface area contributed by atoms with Gasteiger partial charge in [0, 0.05) is 26.6 Å². The second-order valence-electron chi connectivity index (χ2n) is 5.70. The number of carbonyl (C=O) groups excluding carboxylic acids is 2. The fourth-order valence-corrected chi connectivity index (χ4v) is 1.41. The molecule has 0 rings (SSSR count). The molecule has 0 aliphatic heterocycles. The van der Waals surface area contributed by atoms with Crippen LogP contribution >= 0.6 is 0 Å². The maximum Gasteiger partial charge on any atom is 0.407 e. The summed E-state index contributed by atoms with van der Waals surface area (Å²) in [6.07, 6.45) is 2.95. The molecule has 0 aromatic carbocycles. The summed E-state index contributed by atoms with van der Waals surface area (Å²) >= 11 is 0. The van der Waals surface area contributed by atoms with E-state index in [1.807, 2.05) is 0 Å². The van der Waals surface area contributed by atoms with E-state index in [1.165, 1.54) is 4.90 Å². The van der Waals surface area contributed by atoms with Gasteiger partial charge in [0.25, 0.3) is 0 Å². The van der Waals surface area contributed by atoms with Crippen LogP contribution in [-0.4, -0.2) is 42.6 Å². The Balaban J connectivity index is 4.45. The lowest BCUT2D eigenvalue weighted by molar-refractivity contribution is -0.129. The molecule has 0 fully saturated rings. The Morgan fingerprint density at radius 3 is 2.37 bits per heavy atom. The zero-order chi connectivity index (χ0) is 15.1. The van der Waals surface area contributed by atoms with Gasteiger partial charge in [0.1, 0.15) is 5.60 Å². The van der Waals surface area contributed by atoms with E-state index in [1.54, 1.807) is 40.9 Å². The first-order valence-electron chi connectivity index (χ1n) is 6.46. The number of hydrogen-bond donors (Lipinski definition) is 1. The van der Waals surface area contributed by atoms with E-state index >= 15 is 0 Å². The zero-order valence-electron chi connectivity index (χ0n) is 12.7. The lowest BCUT2D eigenvalue weighted by atomic mass is 10.1. The van der Waals surface area contributed by atoms with Crippen molar-refractivity contribution in [2.45, 2.75) is 51.7 Å². The molecule has 0 aliphatic rings. The number of rotatable bonds is 6. The van der Waals surface area contributed by atoms with Gasteiger partial charge in [0.2, 0.25) is 5.91 Å². The Morgan fingerprint density at radius 1 is 1.37 bits per heavy atom. The molecule has 1 N–H and O–H groups in total. The highest BCUT2D eigenvalue weighted by atomic mass is 16.6. The number of alkyl carbamates (subject to hydrolysis) is 1. The minimum absolute atomic E-state index is 0.0230. The summed E-state index contributed by atoms with van der Waals surface area (Å²) in [6, 6.07) is -0.234. The van der Waals surface area contributed by atoms with Gasteiger partial charge in [0.15, 0.2) is 0 Å². The van der Waals surface area contributed by atoms with Gasteiger partial charge < -0.3 is 15.0 Å². The van der Waals surface area contributed by atoms with E-state index < -0.39 is 11.7 Å². The molecule has 0 saturated heterocycles. The molecule has 0 heterocycles. The minimum atomic E-state index is -0.543. The summed E-state index contributed by atoms with van der Waals surface area (Å²) < 4.78 is 5.19. The lowest BCUT2D eigenvalue weighted by Crippen LogP contribution is -2.41. The Bertz CT molecular complexity index is 319. The van der Waals surface area contributed by atoms with Crippen molar-refractivity contribution in [1.29, 1.82) is 0 Å². The quantitative estimate of drug-likeness (QED) is 0.754. The van der Waals surface area contributed by atoms with Gasteiger partial charge in [-0.05, 0) is 33.6 Å². The van der Waals surface area contributed by atoms with Crippen molar-refractivity contribution in [1.82, 2.24) is 10.2 Å². The second-order valence-corrected chi connectivity index (χ2v) is 5.70. The molecule has 0 aromatic heterocycles. The summed E-state index contributed by atoms with van der Waals surface area (Å²) in [5, 5.41) is 2.74. The molecule has 0 spiro atoms. The smallest absolute Gasteiger partial charge is 0.407 e. The summed E-state index contributed by atoms with van der Waals surface area (Å²) in [5.74, 6) is -0.0230. The highest BCUT2D eigenvalue weighted by Crippen LogP contribution is 2.09. The third-order valence-electron chi connectivity index (χ3n) is 2.36. The Hall–Kier alpha value is -1.52. The third kappa shape index (κ3) is 9.11. The van der Waals surface area contributed by atoms with Crippen LogP contribution in [-0.2, 0) is 9.53 Å². The number of amides is 2. The molecular formula is C14H26N2O3. The molecule has 0 aromatic rings. The number of hydrogen-bond acceptors (Lipinski definition) is 3. The molecule has 0 saturated carbocycles. The summed E-state index contributed by atoms with van der Waals surface area (Å²) in [6.45, 7) is 9.05. The van der Waals surface area contributed by atoms with E-state index in [-0.39, 0.29) is 18.4 Å². The number of allylic oxidation sites excluding steroid dienone is 1. The first-order valence-corrected chi connectivity index (χ1v) is 6.46. The Labute approximate surface area is 116 Å². The van der Waals surface area contributed by atoms with Crippen LogP contribution in [0.1, 0.15) is 40.0 Å². The molecule has 2 amide bonds. The summed E-state index contributed by atoms with van der Waals surface area (Å²) in [4.78, 5) is 24.9. The van der Waals surface area contributed by atoms with E-state index in [9.17, 15) is 9.59 Å². The van der Waals surface area contributed by atoms with Gasteiger partial charge in [-0.25, -0.2) is 4.79 Å². The standard InChI is InChI=1S/C14H26N2O3/c1-7-8-9-11(10-12(17)16(5)6)15-13(18)19-14(2,3)4/h7,11H,1,8-10H2,2-6H3,(H,15,18)/t11-/m0/s1. The van der Waals surface area contributed by atoms with Crippen molar-refractivity contribution in [3.8, 4) is 0 Å². The molecule has 0 bridgehead atoms. The summed E-state index contributed by atoms with van der Waals surface area (Å²) in [7, 11) is 3.39. The van der Waals surface area contributed by atoms with E-state index in [2.05, 4.69) is 11.9 Å². The van der Waals surface area contributed by atoms with Gasteiger partial charge in [-0.3, -0.25) is 4.79 Å². The molecule has 5 nitrogen and oxygen atoms in total. The normalized spacial score (nSPS) is 12.5. The van der Waals surface area contributed by atoms with Crippen LogP contribution in [0.4, 0.5) is 4.79 Å². The van der Waals surface area contributed by atoms with E-state index in [4.69, 9.17) is 4.74 Å². The minimum Gasteiger partial charge on any atom is -0.444 e. The van der Waals surface area contributed by atoms with Crippen molar-refractivity contribution < 1.29 is 14.3 Å². The van der Waals surface area contributed by atoms with Gasteiger partial charge in [-0.1, -0.05) is 6.08 Å². The topological polar surface area (TPSA) is 58.6 Å². The SMILES string of the molecule is C=CCC[C@@H](CC(=O)N(C)C)NC(=O)OC(C)(C)C. The summed E-state index contributed by atoms with van der Waals surface area (Å²) in [5.41, 5.74) is -0.543. The lowest BCUT2D eigenvalue weighted by Gasteiger charge is -2.24. The maximum absolute atomic E-state index is 11.7. The van der Waals surface area contributed by atoms with Crippen molar-refractivity contribution >= 4 is 12.0 Å². The van der Waals surface area contributed by atoms with Crippen LogP contribution < -0.4 is 5.32 Å². The van der Waals surface area contributed by atoms with Gasteiger partial charge in [0.05, 0.1) is 0 Å². The van der Waals surface area contributed by atoms with Crippen molar-refractivity contribution in [2.75, 3.05) is 14.1 Å². The van der Waals surface area contributed by atoms with E-state index in [0.29, 0.717) is 6.42 Å². The molecule has 110 valence electrons. The highest BCUT2D eigenvalue weighted by molar-refractivity contribution is 5.77. The molecule has 5 heteroatoms. The molecule has 1 atom stereocenters. The van der Waals surface area contributed by atoms with Crippen LogP contribution in [0.25, 0.3) is 0 Å². The second kappa shape index (κ2) is 7.81. The molecule has 0 aliphatic carbocycles. The van der Waals surface area contributed by atoms with E-state index in [0.717, 1.165) is 6.42 Å². The average molecular weight is 270 g/mol. The van der Waals surface area contributed by atoms with Crippen LogP contribution in [0.15, 0.2) is 12.7 Å². The molecule has 0 unspecified atom stereocenters. The molecular weight excluding hydrogens is 244 g/mol. The number of carbonyl (C=O) groups is 2. The Morgan fingerprint density at radius 2 is 1.95 bits per heavy atom. The predicted octanol–water partition coefficient (Wildman–Crippen LogP) is 2.32. The monoisotopic (exact) mass is 270 g/mol.